The normalized spacial score (nSPS) is 22.7. The largest absolute Gasteiger partial charge is 0.328 e. The van der Waals surface area contributed by atoms with Crippen molar-refractivity contribution in [2.75, 3.05) is 13.1 Å². The molecule has 2 nitrogen and oxygen atoms in total. The van der Waals surface area contributed by atoms with Crippen LogP contribution in [0.3, 0.4) is 0 Å². The van der Waals surface area contributed by atoms with Gasteiger partial charge in [0.25, 0.3) is 0 Å². The van der Waals surface area contributed by atoms with Crippen LogP contribution in [0.1, 0.15) is 18.9 Å². The van der Waals surface area contributed by atoms with E-state index < -0.39 is 8.07 Å². The molecule has 0 amide bonds. The van der Waals surface area contributed by atoms with Gasteiger partial charge in [-0.25, -0.2) is 0 Å². The summed E-state index contributed by atoms with van der Waals surface area (Å²) < 4.78 is 0. The van der Waals surface area contributed by atoms with Crippen LogP contribution in [0.15, 0.2) is 24.3 Å². The third kappa shape index (κ3) is 3.91. The second-order valence-electron chi connectivity index (χ2n) is 7.09. The first-order chi connectivity index (χ1) is 8.86. The number of likely N-dealkylation sites (tertiary alicyclic amines) is 1. The van der Waals surface area contributed by atoms with Gasteiger partial charge in [0.05, 0.1) is 8.07 Å². The predicted molar refractivity (Wildman–Crippen MR) is 86.5 cm³/mol. The topological polar surface area (TPSA) is 29.3 Å². The Kier molecular flexibility index (Phi) is 4.49. The maximum Gasteiger partial charge on any atom is 0.0775 e. The molecule has 0 aliphatic carbocycles. The molecule has 2 rings (SSSR count). The lowest BCUT2D eigenvalue weighted by molar-refractivity contribution is 0.308. The van der Waals surface area contributed by atoms with Crippen molar-refractivity contribution in [1.82, 2.24) is 4.90 Å². The highest BCUT2D eigenvalue weighted by Gasteiger charge is 2.25. The maximum atomic E-state index is 6.00. The molecule has 106 valence electrons. The quantitative estimate of drug-likeness (QED) is 0.856. The molecular weight excluding hydrogens is 248 g/mol. The molecule has 1 fully saturated rings. The highest BCUT2D eigenvalue weighted by molar-refractivity contribution is 6.88. The maximum absolute atomic E-state index is 6.00. The molecule has 2 unspecified atom stereocenters. The number of hydrogen-bond donors (Lipinski definition) is 1. The molecule has 1 saturated heterocycles. The summed E-state index contributed by atoms with van der Waals surface area (Å²) in [5, 5.41) is 1.55. The van der Waals surface area contributed by atoms with E-state index in [1.165, 1.54) is 18.5 Å². The van der Waals surface area contributed by atoms with Gasteiger partial charge in [-0.05, 0) is 31.4 Å². The molecule has 1 aromatic rings. The van der Waals surface area contributed by atoms with Gasteiger partial charge >= 0.3 is 0 Å². The van der Waals surface area contributed by atoms with Gasteiger partial charge in [-0.15, -0.1) is 0 Å². The number of rotatable bonds is 4. The van der Waals surface area contributed by atoms with E-state index in [1.54, 1.807) is 5.19 Å². The Labute approximate surface area is 119 Å². The first kappa shape index (κ1) is 14.8. The Morgan fingerprint density at radius 3 is 2.37 bits per heavy atom. The van der Waals surface area contributed by atoms with Gasteiger partial charge < -0.3 is 5.73 Å². The van der Waals surface area contributed by atoms with Gasteiger partial charge in [-0.1, -0.05) is 49.1 Å². The molecule has 1 aliphatic rings. The number of benzene rings is 1. The fraction of sp³-hybridized carbons (Fsp3) is 0.625. The van der Waals surface area contributed by atoms with Gasteiger partial charge in [0.15, 0.2) is 0 Å². The second-order valence-corrected chi connectivity index (χ2v) is 12.2. The van der Waals surface area contributed by atoms with Crippen LogP contribution in [0.2, 0.25) is 19.6 Å². The monoisotopic (exact) mass is 276 g/mol. The first-order valence-electron chi connectivity index (χ1n) is 7.43. The van der Waals surface area contributed by atoms with Crippen molar-refractivity contribution in [1.29, 1.82) is 0 Å². The standard InChI is InChI=1S/C16H28N2Si/c1-13(17)15-9-10-18(12-15)11-14-5-7-16(8-6-14)19(2,3)4/h5-8,13,15H,9-12,17H2,1-4H3. The van der Waals surface area contributed by atoms with E-state index in [2.05, 4.69) is 55.7 Å². The van der Waals surface area contributed by atoms with E-state index in [9.17, 15) is 0 Å². The van der Waals surface area contributed by atoms with E-state index in [0.29, 0.717) is 12.0 Å². The molecule has 0 spiro atoms. The minimum Gasteiger partial charge on any atom is -0.328 e. The van der Waals surface area contributed by atoms with Crippen LogP contribution in [0, 0.1) is 5.92 Å². The van der Waals surface area contributed by atoms with Crippen molar-refractivity contribution in [3.05, 3.63) is 29.8 Å². The fourth-order valence-corrected chi connectivity index (χ4v) is 3.97. The lowest BCUT2D eigenvalue weighted by atomic mass is 10.0. The van der Waals surface area contributed by atoms with Crippen LogP contribution >= 0.6 is 0 Å². The average molecular weight is 277 g/mol. The highest BCUT2D eigenvalue weighted by Crippen LogP contribution is 2.20. The molecule has 1 heterocycles. The number of nitrogens with two attached hydrogens (primary N) is 1. The lowest BCUT2D eigenvalue weighted by Crippen LogP contribution is -2.37. The minimum absolute atomic E-state index is 0.333. The molecule has 0 saturated carbocycles. The summed E-state index contributed by atoms with van der Waals surface area (Å²) in [6, 6.07) is 9.63. The molecule has 2 atom stereocenters. The molecule has 3 heteroatoms. The summed E-state index contributed by atoms with van der Waals surface area (Å²) in [4.78, 5) is 2.54. The Morgan fingerprint density at radius 1 is 1.26 bits per heavy atom. The predicted octanol–water partition coefficient (Wildman–Crippen LogP) is 2.40. The van der Waals surface area contributed by atoms with Gasteiger partial charge in [-0.3, -0.25) is 4.90 Å². The summed E-state index contributed by atoms with van der Waals surface area (Å²) in [6.07, 6.45) is 1.25. The van der Waals surface area contributed by atoms with Gasteiger partial charge in [0.2, 0.25) is 0 Å². The molecule has 0 aromatic heterocycles. The van der Waals surface area contributed by atoms with E-state index in [4.69, 9.17) is 5.73 Å². The highest BCUT2D eigenvalue weighted by atomic mass is 28.3. The second kappa shape index (κ2) is 5.78. The summed E-state index contributed by atoms with van der Waals surface area (Å²) >= 11 is 0. The fourth-order valence-electron chi connectivity index (χ4n) is 2.80. The van der Waals surface area contributed by atoms with E-state index in [-0.39, 0.29) is 0 Å². The third-order valence-corrected chi connectivity index (χ3v) is 6.34. The van der Waals surface area contributed by atoms with Gasteiger partial charge in [0, 0.05) is 19.1 Å². The van der Waals surface area contributed by atoms with Crippen LogP contribution in [0.4, 0.5) is 0 Å². The van der Waals surface area contributed by atoms with Crippen LogP contribution in [-0.2, 0) is 6.54 Å². The summed E-state index contributed by atoms with van der Waals surface area (Å²) in [5.74, 6) is 0.682. The van der Waals surface area contributed by atoms with Crippen molar-refractivity contribution in [2.24, 2.45) is 11.7 Å². The van der Waals surface area contributed by atoms with E-state index in [1.807, 2.05) is 0 Å². The Morgan fingerprint density at radius 2 is 1.89 bits per heavy atom. The van der Waals surface area contributed by atoms with Crippen molar-refractivity contribution in [3.8, 4) is 0 Å². The number of hydrogen-bond acceptors (Lipinski definition) is 2. The summed E-state index contributed by atoms with van der Waals surface area (Å²) in [6.45, 7) is 12.8. The lowest BCUT2D eigenvalue weighted by Gasteiger charge is -2.20. The Bertz CT molecular complexity index is 406. The molecule has 1 aliphatic heterocycles. The van der Waals surface area contributed by atoms with Crippen molar-refractivity contribution >= 4 is 13.3 Å². The smallest absolute Gasteiger partial charge is 0.0775 e. The van der Waals surface area contributed by atoms with Crippen LogP contribution in [0.5, 0.6) is 0 Å². The van der Waals surface area contributed by atoms with Gasteiger partial charge in [-0.2, -0.15) is 0 Å². The molecule has 19 heavy (non-hydrogen) atoms. The van der Waals surface area contributed by atoms with Gasteiger partial charge in [0.1, 0.15) is 0 Å². The molecule has 2 N–H and O–H groups in total. The van der Waals surface area contributed by atoms with Crippen molar-refractivity contribution in [3.63, 3.8) is 0 Å². The SMILES string of the molecule is CC(N)C1CCN(Cc2ccc([Si](C)(C)C)cc2)C1. The minimum atomic E-state index is -1.16. The Balaban J connectivity index is 1.94. The molecule has 0 radical (unpaired) electrons. The zero-order valence-corrected chi connectivity index (χ0v) is 13.8. The van der Waals surface area contributed by atoms with Crippen LogP contribution < -0.4 is 10.9 Å². The van der Waals surface area contributed by atoms with Crippen LogP contribution in [-0.4, -0.2) is 32.1 Å². The Hall–Kier alpha value is -0.643. The van der Waals surface area contributed by atoms with Crippen molar-refractivity contribution < 1.29 is 0 Å². The summed E-state index contributed by atoms with van der Waals surface area (Å²) in [7, 11) is -1.16. The number of nitrogens with zero attached hydrogens (tertiary/aromatic N) is 1. The zero-order chi connectivity index (χ0) is 14.0. The van der Waals surface area contributed by atoms with E-state index in [0.717, 1.165) is 13.1 Å². The molecular formula is C16H28N2Si. The summed E-state index contributed by atoms with van der Waals surface area (Å²) in [5.41, 5.74) is 7.44. The molecule has 0 bridgehead atoms. The van der Waals surface area contributed by atoms with E-state index >= 15 is 0 Å². The van der Waals surface area contributed by atoms with Crippen molar-refractivity contribution in [2.45, 2.75) is 45.6 Å². The van der Waals surface area contributed by atoms with Crippen LogP contribution in [0.25, 0.3) is 0 Å². The zero-order valence-electron chi connectivity index (χ0n) is 12.8. The third-order valence-electron chi connectivity index (χ3n) is 4.28. The average Bonchev–Trinajstić information content (AvgIpc) is 2.77. The first-order valence-corrected chi connectivity index (χ1v) is 10.9. The molecule has 1 aromatic carbocycles.